The number of benzene rings is 1. The molecule has 1 aromatic rings. The molecule has 0 aliphatic heterocycles. The van der Waals surface area contributed by atoms with Crippen LogP contribution in [0.25, 0.3) is 0 Å². The van der Waals surface area contributed by atoms with Gasteiger partial charge in [0.05, 0.1) is 0 Å². The summed E-state index contributed by atoms with van der Waals surface area (Å²) in [5.41, 5.74) is 6.74. The van der Waals surface area contributed by atoms with E-state index >= 15 is 0 Å². The van der Waals surface area contributed by atoms with E-state index in [1.807, 2.05) is 13.8 Å². The van der Waals surface area contributed by atoms with Gasteiger partial charge >= 0.3 is 0 Å². The zero-order chi connectivity index (χ0) is 11.7. The Hall–Kier alpha value is -1.31. The van der Waals surface area contributed by atoms with Crippen molar-refractivity contribution in [3.8, 4) is 0 Å². The molecule has 0 atom stereocenters. The Kier molecular flexibility index (Phi) is 3.18. The Balaban J connectivity index is 3.60. The number of carbonyl (C=O) groups is 1. The first-order valence-corrected chi connectivity index (χ1v) is 5.20. The molecule has 0 bridgehead atoms. The van der Waals surface area contributed by atoms with Crippen molar-refractivity contribution >= 4 is 5.91 Å². The highest BCUT2D eigenvalue weighted by atomic mass is 16.1. The highest BCUT2D eigenvalue weighted by Crippen LogP contribution is 2.25. The SMILES string of the molecule is CNC(=O)c1c(C)c(C)c(C)c(C)c1C. The van der Waals surface area contributed by atoms with E-state index in [0.29, 0.717) is 0 Å². The molecule has 0 fully saturated rings. The van der Waals surface area contributed by atoms with Crippen LogP contribution in [0.5, 0.6) is 0 Å². The molecule has 15 heavy (non-hydrogen) atoms. The second-order valence-electron chi connectivity index (χ2n) is 4.08. The molecule has 0 aromatic heterocycles. The largest absolute Gasteiger partial charge is 0.355 e. The maximum atomic E-state index is 11.8. The van der Waals surface area contributed by atoms with Gasteiger partial charge in [-0.3, -0.25) is 4.79 Å². The van der Waals surface area contributed by atoms with Crippen molar-refractivity contribution in [3.05, 3.63) is 33.4 Å². The third-order valence-electron chi connectivity index (χ3n) is 3.45. The van der Waals surface area contributed by atoms with E-state index in [2.05, 4.69) is 26.1 Å². The highest BCUT2D eigenvalue weighted by Gasteiger charge is 2.16. The fourth-order valence-electron chi connectivity index (χ4n) is 1.97. The van der Waals surface area contributed by atoms with Crippen LogP contribution in [-0.4, -0.2) is 13.0 Å². The van der Waals surface area contributed by atoms with E-state index in [9.17, 15) is 4.79 Å². The predicted octanol–water partition coefficient (Wildman–Crippen LogP) is 2.59. The fraction of sp³-hybridized carbons (Fsp3) is 0.462. The molecular formula is C13H19NO. The lowest BCUT2D eigenvalue weighted by Crippen LogP contribution is -2.21. The van der Waals surface area contributed by atoms with E-state index in [4.69, 9.17) is 0 Å². The zero-order valence-electron chi connectivity index (χ0n) is 10.4. The first-order valence-electron chi connectivity index (χ1n) is 5.20. The van der Waals surface area contributed by atoms with E-state index in [1.165, 1.54) is 16.7 Å². The molecule has 0 heterocycles. The third-order valence-corrected chi connectivity index (χ3v) is 3.45. The van der Waals surface area contributed by atoms with Crippen LogP contribution in [0, 0.1) is 34.6 Å². The first-order chi connectivity index (χ1) is 6.91. The second-order valence-corrected chi connectivity index (χ2v) is 4.08. The van der Waals surface area contributed by atoms with Gasteiger partial charge in [-0.2, -0.15) is 0 Å². The van der Waals surface area contributed by atoms with Crippen molar-refractivity contribution < 1.29 is 4.79 Å². The van der Waals surface area contributed by atoms with Crippen molar-refractivity contribution in [2.75, 3.05) is 7.05 Å². The lowest BCUT2D eigenvalue weighted by Gasteiger charge is -2.17. The van der Waals surface area contributed by atoms with Crippen LogP contribution in [0.15, 0.2) is 0 Å². The normalized spacial score (nSPS) is 10.3. The van der Waals surface area contributed by atoms with Crippen molar-refractivity contribution in [1.29, 1.82) is 0 Å². The maximum absolute atomic E-state index is 11.8. The molecule has 2 nitrogen and oxygen atoms in total. The van der Waals surface area contributed by atoms with Crippen LogP contribution in [-0.2, 0) is 0 Å². The molecule has 0 spiro atoms. The summed E-state index contributed by atoms with van der Waals surface area (Å²) in [6.45, 7) is 10.3. The summed E-state index contributed by atoms with van der Waals surface area (Å²) in [6, 6.07) is 0. The van der Waals surface area contributed by atoms with Gasteiger partial charge in [-0.1, -0.05) is 0 Å². The molecule has 0 radical (unpaired) electrons. The average molecular weight is 205 g/mol. The Morgan fingerprint density at radius 1 is 0.800 bits per heavy atom. The lowest BCUT2D eigenvalue weighted by molar-refractivity contribution is 0.0961. The Bertz CT molecular complexity index is 390. The van der Waals surface area contributed by atoms with Gasteiger partial charge in [0, 0.05) is 12.6 Å². The lowest BCUT2D eigenvalue weighted by atomic mass is 9.89. The first kappa shape index (κ1) is 11.8. The van der Waals surface area contributed by atoms with Crippen molar-refractivity contribution in [1.82, 2.24) is 5.32 Å². The van der Waals surface area contributed by atoms with Gasteiger partial charge in [0.15, 0.2) is 0 Å². The minimum absolute atomic E-state index is 0.0104. The van der Waals surface area contributed by atoms with Crippen molar-refractivity contribution in [3.63, 3.8) is 0 Å². The average Bonchev–Trinajstić information content (AvgIpc) is 2.23. The van der Waals surface area contributed by atoms with Crippen LogP contribution in [0.1, 0.15) is 38.2 Å². The van der Waals surface area contributed by atoms with Crippen LogP contribution in [0.3, 0.4) is 0 Å². The van der Waals surface area contributed by atoms with Gasteiger partial charge in [-0.25, -0.2) is 0 Å². The zero-order valence-corrected chi connectivity index (χ0v) is 10.4. The number of amides is 1. The summed E-state index contributed by atoms with van der Waals surface area (Å²) < 4.78 is 0. The van der Waals surface area contributed by atoms with Gasteiger partial charge in [0.2, 0.25) is 0 Å². The number of nitrogens with one attached hydrogen (secondary N) is 1. The molecule has 0 saturated heterocycles. The molecule has 1 N–H and O–H groups in total. The molecule has 2 heteroatoms. The molecule has 1 aromatic carbocycles. The summed E-state index contributed by atoms with van der Waals surface area (Å²) in [5, 5.41) is 2.70. The summed E-state index contributed by atoms with van der Waals surface area (Å²) in [7, 11) is 1.67. The van der Waals surface area contributed by atoms with Crippen LogP contribution >= 0.6 is 0 Å². The van der Waals surface area contributed by atoms with Crippen LogP contribution in [0.4, 0.5) is 0 Å². The monoisotopic (exact) mass is 205 g/mol. The summed E-state index contributed by atoms with van der Waals surface area (Å²) in [4.78, 5) is 11.8. The molecule has 0 saturated carbocycles. The Labute approximate surface area is 91.7 Å². The van der Waals surface area contributed by atoms with Crippen molar-refractivity contribution in [2.45, 2.75) is 34.6 Å². The molecule has 0 aliphatic rings. The number of hydrogen-bond acceptors (Lipinski definition) is 1. The molecular weight excluding hydrogens is 186 g/mol. The van der Waals surface area contributed by atoms with Crippen LogP contribution < -0.4 is 5.32 Å². The van der Waals surface area contributed by atoms with E-state index in [-0.39, 0.29) is 5.91 Å². The summed E-state index contributed by atoms with van der Waals surface area (Å²) in [6.07, 6.45) is 0. The standard InChI is InChI=1S/C13H19NO/c1-7-8(2)10(4)12(13(15)14-6)11(5)9(7)3/h1-6H3,(H,14,15). The smallest absolute Gasteiger partial charge is 0.251 e. The van der Waals surface area contributed by atoms with Gasteiger partial charge < -0.3 is 5.32 Å². The number of carbonyl (C=O) groups excluding carboxylic acids is 1. The van der Waals surface area contributed by atoms with Gasteiger partial charge in [0.1, 0.15) is 0 Å². The Morgan fingerprint density at radius 3 is 1.47 bits per heavy atom. The summed E-state index contributed by atoms with van der Waals surface area (Å²) in [5.74, 6) is 0.0104. The maximum Gasteiger partial charge on any atom is 0.251 e. The molecule has 1 rings (SSSR count). The summed E-state index contributed by atoms with van der Waals surface area (Å²) >= 11 is 0. The topological polar surface area (TPSA) is 29.1 Å². The van der Waals surface area contributed by atoms with Gasteiger partial charge in [-0.05, 0) is 62.4 Å². The van der Waals surface area contributed by atoms with E-state index < -0.39 is 0 Å². The number of rotatable bonds is 1. The number of hydrogen-bond donors (Lipinski definition) is 1. The van der Waals surface area contributed by atoms with Gasteiger partial charge in [0.25, 0.3) is 5.91 Å². The minimum Gasteiger partial charge on any atom is -0.355 e. The Morgan fingerprint density at radius 2 is 1.13 bits per heavy atom. The highest BCUT2D eigenvalue weighted by molar-refractivity contribution is 5.97. The molecule has 0 aliphatic carbocycles. The second kappa shape index (κ2) is 4.05. The third kappa shape index (κ3) is 1.76. The van der Waals surface area contributed by atoms with Gasteiger partial charge in [-0.15, -0.1) is 0 Å². The van der Waals surface area contributed by atoms with Crippen LogP contribution in [0.2, 0.25) is 0 Å². The predicted molar refractivity (Wildman–Crippen MR) is 63.5 cm³/mol. The molecule has 82 valence electrons. The van der Waals surface area contributed by atoms with E-state index in [1.54, 1.807) is 7.05 Å². The fourth-order valence-corrected chi connectivity index (χ4v) is 1.97. The quantitative estimate of drug-likeness (QED) is 0.750. The minimum atomic E-state index is 0.0104. The molecule has 0 unspecified atom stereocenters. The van der Waals surface area contributed by atoms with E-state index in [0.717, 1.165) is 16.7 Å². The van der Waals surface area contributed by atoms with Crippen molar-refractivity contribution in [2.24, 2.45) is 0 Å². The molecule has 1 amide bonds.